The first kappa shape index (κ1) is 12.8. The van der Waals surface area contributed by atoms with Gasteiger partial charge in [-0.3, -0.25) is 4.79 Å². The van der Waals surface area contributed by atoms with Crippen LogP contribution in [0.5, 0.6) is 0 Å². The van der Waals surface area contributed by atoms with Crippen LogP contribution in [0.1, 0.15) is 5.56 Å². The fourth-order valence-electron chi connectivity index (χ4n) is 1.62. The van der Waals surface area contributed by atoms with Crippen LogP contribution in [0.2, 0.25) is 0 Å². The third-order valence-corrected chi connectivity index (χ3v) is 2.43. The van der Waals surface area contributed by atoms with E-state index < -0.39 is 12.0 Å². The number of carboxylic acid groups (broad SMARTS) is 1. The summed E-state index contributed by atoms with van der Waals surface area (Å²) in [6.45, 7) is 0. The zero-order valence-electron chi connectivity index (χ0n) is 8.46. The molecule has 0 aliphatic heterocycles. The fraction of sp³-hybridized carbons (Fsp3) is 0.182. The van der Waals surface area contributed by atoms with Gasteiger partial charge in [-0.15, -0.1) is 0 Å². The molecule has 0 spiro atoms. The molecule has 0 saturated heterocycles. The Labute approximate surface area is 103 Å². The molecule has 0 fully saturated rings. The number of hydrogen-bond acceptors (Lipinski definition) is 2. The number of aromatic nitrogens is 1. The molecule has 4 N–H and O–H groups in total. The molecule has 0 bridgehead atoms. The van der Waals surface area contributed by atoms with Gasteiger partial charge in [0.05, 0.1) is 0 Å². The van der Waals surface area contributed by atoms with Crippen molar-refractivity contribution in [3.05, 3.63) is 36.0 Å². The van der Waals surface area contributed by atoms with Gasteiger partial charge in [0.25, 0.3) is 0 Å². The van der Waals surface area contributed by atoms with Crippen molar-refractivity contribution in [1.82, 2.24) is 4.98 Å². The maximum absolute atomic E-state index is 10.6. The number of para-hydroxylation sites is 1. The SMILES string of the molecule is NC(Cc1c[nH]c2ccccc12)C(=O)O.[Fe]. The molecule has 1 aromatic heterocycles. The third-order valence-electron chi connectivity index (χ3n) is 2.43. The Bertz CT molecular complexity index is 495. The van der Waals surface area contributed by atoms with Crippen molar-refractivity contribution in [3.63, 3.8) is 0 Å². The molecule has 0 aliphatic rings. The van der Waals surface area contributed by atoms with Crippen molar-refractivity contribution >= 4 is 16.9 Å². The number of hydrogen-bond donors (Lipinski definition) is 3. The second-order valence-electron chi connectivity index (χ2n) is 3.51. The molecule has 2 aromatic rings. The van der Waals surface area contributed by atoms with Gasteiger partial charge in [-0.2, -0.15) is 0 Å². The van der Waals surface area contributed by atoms with E-state index in [1.807, 2.05) is 30.5 Å². The first-order valence-corrected chi connectivity index (χ1v) is 4.72. The average molecular weight is 260 g/mol. The minimum Gasteiger partial charge on any atom is -0.480 e. The number of nitrogens with two attached hydrogens (primary N) is 1. The monoisotopic (exact) mass is 260 g/mol. The summed E-state index contributed by atoms with van der Waals surface area (Å²) in [6.07, 6.45) is 2.16. The molecule has 1 heterocycles. The second kappa shape index (κ2) is 5.16. The fourth-order valence-corrected chi connectivity index (χ4v) is 1.62. The number of aromatic amines is 1. The van der Waals surface area contributed by atoms with Gasteiger partial charge >= 0.3 is 5.97 Å². The smallest absolute Gasteiger partial charge is 0.320 e. The predicted octanol–water partition coefficient (Wildman–Crippen LogP) is 1.12. The van der Waals surface area contributed by atoms with Crippen molar-refractivity contribution in [2.75, 3.05) is 0 Å². The number of carboxylic acids is 1. The quantitative estimate of drug-likeness (QED) is 0.723. The van der Waals surface area contributed by atoms with Crippen LogP contribution in [0.25, 0.3) is 10.9 Å². The molecule has 4 nitrogen and oxygen atoms in total. The minimum absolute atomic E-state index is 0. The Morgan fingerprint density at radius 3 is 2.81 bits per heavy atom. The Balaban J connectivity index is 0.00000128. The van der Waals surface area contributed by atoms with Crippen LogP contribution in [0, 0.1) is 0 Å². The zero-order chi connectivity index (χ0) is 10.8. The molecule has 0 radical (unpaired) electrons. The molecule has 5 heteroatoms. The van der Waals surface area contributed by atoms with Gasteiger partial charge in [-0.1, -0.05) is 18.2 Å². The number of nitrogens with one attached hydrogen (secondary N) is 1. The molecule has 86 valence electrons. The molecule has 1 aromatic carbocycles. The topological polar surface area (TPSA) is 79.1 Å². The molecule has 16 heavy (non-hydrogen) atoms. The summed E-state index contributed by atoms with van der Waals surface area (Å²) in [5.41, 5.74) is 7.43. The summed E-state index contributed by atoms with van der Waals surface area (Å²) in [7, 11) is 0. The van der Waals surface area contributed by atoms with E-state index in [0.717, 1.165) is 16.5 Å². The van der Waals surface area contributed by atoms with E-state index in [1.54, 1.807) is 0 Å². The molecule has 0 saturated carbocycles. The van der Waals surface area contributed by atoms with Crippen LogP contribution in [-0.2, 0) is 28.3 Å². The summed E-state index contributed by atoms with van der Waals surface area (Å²) in [6, 6.07) is 6.91. The van der Waals surface area contributed by atoms with Gasteiger partial charge in [0.1, 0.15) is 6.04 Å². The van der Waals surface area contributed by atoms with Gasteiger partial charge < -0.3 is 15.8 Å². The van der Waals surface area contributed by atoms with Gasteiger partial charge in [0, 0.05) is 40.6 Å². The Morgan fingerprint density at radius 1 is 1.44 bits per heavy atom. The van der Waals surface area contributed by atoms with Crippen LogP contribution in [0.3, 0.4) is 0 Å². The van der Waals surface area contributed by atoms with Crippen molar-refractivity contribution in [1.29, 1.82) is 0 Å². The minimum atomic E-state index is -0.972. The maximum atomic E-state index is 10.6. The Morgan fingerprint density at radius 2 is 2.12 bits per heavy atom. The van der Waals surface area contributed by atoms with Gasteiger partial charge in [-0.05, 0) is 11.6 Å². The molecule has 0 amide bonds. The van der Waals surface area contributed by atoms with Crippen molar-refractivity contribution < 1.29 is 27.0 Å². The second-order valence-corrected chi connectivity index (χ2v) is 3.51. The van der Waals surface area contributed by atoms with Gasteiger partial charge in [0.15, 0.2) is 0 Å². The van der Waals surface area contributed by atoms with Crippen molar-refractivity contribution in [2.24, 2.45) is 5.73 Å². The Kier molecular flexibility index (Phi) is 4.12. The van der Waals surface area contributed by atoms with Crippen LogP contribution in [0.15, 0.2) is 30.5 Å². The summed E-state index contributed by atoms with van der Waals surface area (Å²) in [5.74, 6) is -0.972. The van der Waals surface area contributed by atoms with Crippen LogP contribution < -0.4 is 5.73 Å². The predicted molar refractivity (Wildman–Crippen MR) is 57.6 cm³/mol. The van der Waals surface area contributed by atoms with E-state index in [4.69, 9.17) is 10.8 Å². The number of fused-ring (bicyclic) bond motifs is 1. The summed E-state index contributed by atoms with van der Waals surface area (Å²) < 4.78 is 0. The van der Waals surface area contributed by atoms with E-state index in [9.17, 15) is 4.79 Å². The van der Waals surface area contributed by atoms with Crippen molar-refractivity contribution in [2.45, 2.75) is 12.5 Å². The number of aliphatic carboxylic acids is 1. The maximum Gasteiger partial charge on any atom is 0.320 e. The number of benzene rings is 1. The number of H-pyrrole nitrogens is 1. The van der Waals surface area contributed by atoms with Gasteiger partial charge in [0.2, 0.25) is 0 Å². The van der Waals surface area contributed by atoms with E-state index in [0.29, 0.717) is 6.42 Å². The van der Waals surface area contributed by atoms with E-state index in [2.05, 4.69) is 4.98 Å². The third kappa shape index (κ3) is 2.44. The molecule has 2 rings (SSSR count). The molecule has 1 atom stereocenters. The summed E-state index contributed by atoms with van der Waals surface area (Å²) in [5, 5.41) is 9.75. The largest absolute Gasteiger partial charge is 0.480 e. The van der Waals surface area contributed by atoms with E-state index in [1.165, 1.54) is 0 Å². The standard InChI is InChI=1S/C11H12N2O2.Fe/c12-9(11(14)15)5-7-6-13-10-4-2-1-3-8(7)10;/h1-4,6,9,13H,5,12H2,(H,14,15);. The van der Waals surface area contributed by atoms with Crippen LogP contribution in [-0.4, -0.2) is 22.1 Å². The molecular weight excluding hydrogens is 248 g/mol. The first-order valence-electron chi connectivity index (χ1n) is 4.72. The zero-order valence-corrected chi connectivity index (χ0v) is 9.56. The molecule has 1 unspecified atom stereocenters. The normalized spacial score (nSPS) is 12.1. The van der Waals surface area contributed by atoms with E-state index >= 15 is 0 Å². The molecule has 0 aliphatic carbocycles. The Hall–Kier alpha value is -1.29. The molecular formula is C11H12FeN2O2. The van der Waals surface area contributed by atoms with Crippen LogP contribution >= 0.6 is 0 Å². The first-order chi connectivity index (χ1) is 7.18. The van der Waals surface area contributed by atoms with E-state index in [-0.39, 0.29) is 17.1 Å². The summed E-state index contributed by atoms with van der Waals surface area (Å²) >= 11 is 0. The van der Waals surface area contributed by atoms with Crippen LogP contribution in [0.4, 0.5) is 0 Å². The van der Waals surface area contributed by atoms with Gasteiger partial charge in [-0.25, -0.2) is 0 Å². The number of rotatable bonds is 3. The van der Waals surface area contributed by atoms with Crippen molar-refractivity contribution in [3.8, 4) is 0 Å². The average Bonchev–Trinajstić information content (AvgIpc) is 2.62. The summed E-state index contributed by atoms with van der Waals surface area (Å²) in [4.78, 5) is 13.7. The number of carbonyl (C=O) groups is 1.